The van der Waals surface area contributed by atoms with Crippen molar-refractivity contribution in [2.45, 2.75) is 6.54 Å². The first-order chi connectivity index (χ1) is 9.33. The molecule has 10 heteroatoms. The Bertz CT molecular complexity index is 744. The molecule has 0 atom stereocenters. The summed E-state index contributed by atoms with van der Waals surface area (Å²) in [5.74, 6) is 0.230. The van der Waals surface area contributed by atoms with Crippen LogP contribution in [0.4, 0.5) is 0 Å². The summed E-state index contributed by atoms with van der Waals surface area (Å²) >= 11 is 1.90. The highest BCUT2D eigenvalue weighted by Crippen LogP contribution is 2.02. The number of halogens is 1. The summed E-state index contributed by atoms with van der Waals surface area (Å²) in [5, 5.41) is 0. The molecule has 9 nitrogen and oxygen atoms in total. The standard InChI is InChI=1S/C8H11N5O2.C2H4INO/c1-12-6-5(10-4(3-9)11-6)7(14)13(2)8(12)15;3-1-2(4)5/h3,9H2,1-2H3,(H,10,11);1H2,(H2,4,5). The number of aryl methyl sites for hydroxylation is 1. The minimum atomic E-state index is -0.400. The lowest BCUT2D eigenvalue weighted by molar-refractivity contribution is -0.115. The quantitative estimate of drug-likeness (QED) is 0.412. The van der Waals surface area contributed by atoms with Gasteiger partial charge in [0.2, 0.25) is 5.91 Å². The first kappa shape index (κ1) is 16.4. The third-order valence-electron chi connectivity index (χ3n) is 2.47. The van der Waals surface area contributed by atoms with E-state index < -0.39 is 5.69 Å². The average molecular weight is 394 g/mol. The third-order valence-corrected chi connectivity index (χ3v) is 3.22. The van der Waals surface area contributed by atoms with Gasteiger partial charge in [0.25, 0.3) is 5.56 Å². The first-order valence-electron chi connectivity index (χ1n) is 5.52. The molecular weight excluding hydrogens is 379 g/mol. The summed E-state index contributed by atoms with van der Waals surface area (Å²) in [5.41, 5.74) is 9.90. The first-order valence-corrected chi connectivity index (χ1v) is 7.05. The van der Waals surface area contributed by atoms with Gasteiger partial charge >= 0.3 is 5.69 Å². The van der Waals surface area contributed by atoms with Crippen LogP contribution in [0.2, 0.25) is 0 Å². The molecule has 0 aromatic carbocycles. The smallest absolute Gasteiger partial charge is 0.332 e. The van der Waals surface area contributed by atoms with Crippen LogP contribution in [0.5, 0.6) is 0 Å². The molecule has 0 unspecified atom stereocenters. The number of aromatic amines is 1. The van der Waals surface area contributed by atoms with E-state index in [-0.39, 0.29) is 18.0 Å². The van der Waals surface area contributed by atoms with Crippen molar-refractivity contribution in [3.8, 4) is 0 Å². The lowest BCUT2D eigenvalue weighted by Crippen LogP contribution is -2.36. The molecule has 0 bridgehead atoms. The zero-order valence-corrected chi connectivity index (χ0v) is 13.2. The number of rotatable bonds is 2. The van der Waals surface area contributed by atoms with Gasteiger partial charge in [-0.3, -0.25) is 18.7 Å². The fourth-order valence-corrected chi connectivity index (χ4v) is 1.47. The van der Waals surface area contributed by atoms with Gasteiger partial charge in [-0.15, -0.1) is 0 Å². The molecule has 0 fully saturated rings. The molecule has 0 aliphatic rings. The Morgan fingerprint density at radius 2 is 1.90 bits per heavy atom. The van der Waals surface area contributed by atoms with Gasteiger partial charge in [-0.25, -0.2) is 9.78 Å². The Morgan fingerprint density at radius 1 is 1.35 bits per heavy atom. The Labute approximate surface area is 127 Å². The predicted molar refractivity (Wildman–Crippen MR) is 82.5 cm³/mol. The number of fused-ring (bicyclic) bond motifs is 1. The molecule has 0 saturated heterocycles. The van der Waals surface area contributed by atoms with E-state index in [2.05, 4.69) is 15.7 Å². The second-order valence-corrected chi connectivity index (χ2v) is 4.65. The topological polar surface area (TPSA) is 142 Å². The Balaban J connectivity index is 0.000000347. The molecule has 0 radical (unpaired) electrons. The van der Waals surface area contributed by atoms with Gasteiger partial charge in [0.1, 0.15) is 11.3 Å². The number of H-pyrrole nitrogens is 1. The number of hydrogen-bond donors (Lipinski definition) is 3. The molecule has 0 saturated carbocycles. The van der Waals surface area contributed by atoms with E-state index in [1.54, 1.807) is 7.05 Å². The average Bonchev–Trinajstić information content (AvgIpc) is 2.88. The van der Waals surface area contributed by atoms with Gasteiger partial charge in [0.15, 0.2) is 5.65 Å². The number of nitrogens with zero attached hydrogens (tertiary/aromatic N) is 3. The third kappa shape index (κ3) is 3.25. The van der Waals surface area contributed by atoms with Gasteiger partial charge in [-0.2, -0.15) is 0 Å². The van der Waals surface area contributed by atoms with Crippen LogP contribution >= 0.6 is 22.6 Å². The molecule has 2 heterocycles. The summed E-state index contributed by atoms with van der Waals surface area (Å²) in [6.07, 6.45) is 0. The van der Waals surface area contributed by atoms with Gasteiger partial charge in [0, 0.05) is 14.1 Å². The maximum absolute atomic E-state index is 11.7. The van der Waals surface area contributed by atoms with Crippen molar-refractivity contribution < 1.29 is 4.79 Å². The molecule has 0 spiro atoms. The zero-order chi connectivity index (χ0) is 15.4. The number of hydrogen-bond acceptors (Lipinski definition) is 5. The van der Waals surface area contributed by atoms with Crippen molar-refractivity contribution in [2.75, 3.05) is 4.43 Å². The van der Waals surface area contributed by atoms with Crippen molar-refractivity contribution >= 4 is 39.7 Å². The minimum absolute atomic E-state index is 0.200. The summed E-state index contributed by atoms with van der Waals surface area (Å²) in [7, 11) is 2.98. The fraction of sp³-hybridized carbons (Fsp3) is 0.400. The highest BCUT2D eigenvalue weighted by Gasteiger charge is 2.12. The molecule has 2 aromatic heterocycles. The van der Waals surface area contributed by atoms with Crippen LogP contribution in [0.25, 0.3) is 11.2 Å². The number of aromatic nitrogens is 4. The van der Waals surface area contributed by atoms with E-state index in [4.69, 9.17) is 5.73 Å². The Hall–Kier alpha value is -1.69. The van der Waals surface area contributed by atoms with E-state index in [0.29, 0.717) is 21.4 Å². The van der Waals surface area contributed by atoms with Crippen LogP contribution < -0.4 is 22.7 Å². The van der Waals surface area contributed by atoms with E-state index in [1.807, 2.05) is 22.6 Å². The van der Waals surface area contributed by atoms with Gasteiger partial charge in [-0.05, 0) is 0 Å². The summed E-state index contributed by atoms with van der Waals surface area (Å²) in [6.45, 7) is 0.200. The molecular formula is C10H15IN6O3. The lowest BCUT2D eigenvalue weighted by Gasteiger charge is -2.00. The van der Waals surface area contributed by atoms with Crippen molar-refractivity contribution in [3.63, 3.8) is 0 Å². The molecule has 110 valence electrons. The van der Waals surface area contributed by atoms with Crippen LogP contribution in [-0.2, 0) is 25.4 Å². The monoisotopic (exact) mass is 394 g/mol. The van der Waals surface area contributed by atoms with Crippen molar-refractivity contribution in [2.24, 2.45) is 25.6 Å². The summed E-state index contributed by atoms with van der Waals surface area (Å²) < 4.78 is 2.75. The van der Waals surface area contributed by atoms with Crippen LogP contribution in [0.15, 0.2) is 9.59 Å². The Morgan fingerprint density at radius 3 is 2.35 bits per heavy atom. The molecule has 2 rings (SSSR count). The summed E-state index contributed by atoms with van der Waals surface area (Å²) in [6, 6.07) is 0. The van der Waals surface area contributed by atoms with E-state index in [0.717, 1.165) is 4.57 Å². The fourth-order valence-electron chi connectivity index (χ4n) is 1.47. The number of carbonyl (C=O) groups excluding carboxylic acids is 1. The largest absolute Gasteiger partial charge is 0.369 e. The predicted octanol–water partition coefficient (Wildman–Crippen LogP) is -1.67. The normalized spacial score (nSPS) is 10.2. The van der Waals surface area contributed by atoms with Crippen LogP contribution in [0.1, 0.15) is 5.82 Å². The van der Waals surface area contributed by atoms with Gasteiger partial charge < -0.3 is 16.5 Å². The number of carbonyl (C=O) groups is 1. The molecule has 0 aliphatic carbocycles. The molecule has 1 amide bonds. The van der Waals surface area contributed by atoms with E-state index >= 15 is 0 Å². The second kappa shape index (κ2) is 6.65. The second-order valence-electron chi connectivity index (χ2n) is 3.89. The molecule has 5 N–H and O–H groups in total. The number of nitrogens with one attached hydrogen (secondary N) is 1. The van der Waals surface area contributed by atoms with E-state index in [1.165, 1.54) is 11.6 Å². The maximum atomic E-state index is 11.7. The number of alkyl halides is 1. The maximum Gasteiger partial charge on any atom is 0.332 e. The van der Waals surface area contributed by atoms with Crippen molar-refractivity contribution in [1.29, 1.82) is 0 Å². The highest BCUT2D eigenvalue weighted by atomic mass is 127. The number of imidazole rings is 1. The zero-order valence-electron chi connectivity index (χ0n) is 11.0. The van der Waals surface area contributed by atoms with Crippen LogP contribution in [0, 0.1) is 0 Å². The molecule has 20 heavy (non-hydrogen) atoms. The number of primary amides is 1. The minimum Gasteiger partial charge on any atom is -0.369 e. The van der Waals surface area contributed by atoms with Crippen molar-refractivity contribution in [1.82, 2.24) is 19.1 Å². The SMILES string of the molecule is Cn1c(=O)c2[nH]c(CN)nc2n(C)c1=O.NC(=O)CI. The molecule has 0 aliphatic heterocycles. The lowest BCUT2D eigenvalue weighted by atomic mass is 10.5. The number of amides is 1. The van der Waals surface area contributed by atoms with Crippen LogP contribution in [-0.4, -0.2) is 29.4 Å². The van der Waals surface area contributed by atoms with Crippen LogP contribution in [0.3, 0.4) is 0 Å². The highest BCUT2D eigenvalue weighted by molar-refractivity contribution is 14.1. The summed E-state index contributed by atoms with van der Waals surface area (Å²) in [4.78, 5) is 39.6. The number of nitrogens with two attached hydrogens (primary N) is 2. The van der Waals surface area contributed by atoms with Gasteiger partial charge in [-0.1, -0.05) is 22.6 Å². The molecule has 2 aromatic rings. The Kier molecular flexibility index (Phi) is 5.44. The van der Waals surface area contributed by atoms with Crippen molar-refractivity contribution in [3.05, 3.63) is 26.7 Å². The van der Waals surface area contributed by atoms with Gasteiger partial charge in [0.05, 0.1) is 11.0 Å². The van der Waals surface area contributed by atoms with E-state index in [9.17, 15) is 14.4 Å².